The van der Waals surface area contributed by atoms with Crippen molar-refractivity contribution in [3.8, 4) is 0 Å². The Labute approximate surface area is 247 Å². The van der Waals surface area contributed by atoms with Gasteiger partial charge in [-0.05, 0) is 93.5 Å². The molecule has 3 aliphatic rings. The molecule has 232 valence electrons. The summed E-state index contributed by atoms with van der Waals surface area (Å²) in [6.07, 6.45) is 17.5. The number of rotatable bonds is 11. The third-order valence-corrected chi connectivity index (χ3v) is 10.4. The van der Waals surface area contributed by atoms with Gasteiger partial charge in [0.1, 0.15) is 0 Å². The SMILES string of the molecule is CCOC(=O)C[C@@H]1CC[C@@H](N(CCC2CCCCCC2)CCC2CCCCCC2)[C@H](c2ccc(C(F)(F)F)cc2)C1. The molecule has 0 N–H and O–H groups in total. The lowest BCUT2D eigenvalue weighted by Crippen LogP contribution is -2.45. The molecule has 3 saturated carbocycles. The van der Waals surface area contributed by atoms with Crippen molar-refractivity contribution in [2.24, 2.45) is 17.8 Å². The van der Waals surface area contributed by atoms with Crippen molar-refractivity contribution in [2.75, 3.05) is 19.7 Å². The van der Waals surface area contributed by atoms with Gasteiger partial charge in [0.25, 0.3) is 0 Å². The normalized spacial score (nSPS) is 25.5. The van der Waals surface area contributed by atoms with E-state index in [0.29, 0.717) is 19.1 Å². The highest BCUT2D eigenvalue weighted by Gasteiger charge is 2.37. The van der Waals surface area contributed by atoms with Crippen LogP contribution in [0.1, 0.15) is 140 Å². The minimum atomic E-state index is -4.33. The van der Waals surface area contributed by atoms with Crippen molar-refractivity contribution in [1.29, 1.82) is 0 Å². The van der Waals surface area contributed by atoms with Gasteiger partial charge in [-0.25, -0.2) is 0 Å². The van der Waals surface area contributed by atoms with E-state index in [2.05, 4.69) is 4.90 Å². The Hall–Kier alpha value is -1.56. The van der Waals surface area contributed by atoms with Gasteiger partial charge in [0, 0.05) is 12.5 Å². The third kappa shape index (κ3) is 10.3. The van der Waals surface area contributed by atoms with E-state index in [1.807, 2.05) is 6.92 Å². The van der Waals surface area contributed by atoms with E-state index >= 15 is 0 Å². The van der Waals surface area contributed by atoms with E-state index < -0.39 is 11.7 Å². The van der Waals surface area contributed by atoms with E-state index in [-0.39, 0.29) is 17.8 Å². The number of benzene rings is 1. The predicted molar refractivity (Wildman–Crippen MR) is 160 cm³/mol. The number of carbonyl (C=O) groups excluding carboxylic acids is 1. The molecule has 0 amide bonds. The van der Waals surface area contributed by atoms with Gasteiger partial charge in [-0.1, -0.05) is 89.2 Å². The van der Waals surface area contributed by atoms with Crippen LogP contribution in [0, 0.1) is 17.8 Å². The van der Waals surface area contributed by atoms with Crippen LogP contribution >= 0.6 is 0 Å². The number of hydrogen-bond donors (Lipinski definition) is 0. The van der Waals surface area contributed by atoms with Gasteiger partial charge in [0.15, 0.2) is 0 Å². The Morgan fingerprint density at radius 2 is 1.32 bits per heavy atom. The minimum absolute atomic E-state index is 0.133. The number of halogens is 3. The van der Waals surface area contributed by atoms with Gasteiger partial charge in [-0.2, -0.15) is 13.2 Å². The molecule has 3 atom stereocenters. The standard InChI is InChI=1S/C35H54F3NO2/c1-2-41-34(40)26-29-15-20-33(32(25-29)30-16-18-31(19-17-30)35(36,37)38)39(23-21-27-11-7-3-4-8-12-27)24-22-28-13-9-5-6-10-14-28/h16-19,27-29,32-33H,2-15,20-26H2,1H3/t29-,32+,33-/m1/s1. The molecule has 0 aromatic heterocycles. The van der Waals surface area contributed by atoms with Crippen molar-refractivity contribution in [3.05, 3.63) is 35.4 Å². The summed E-state index contributed by atoms with van der Waals surface area (Å²) >= 11 is 0. The first-order valence-electron chi connectivity index (χ1n) is 16.9. The molecule has 0 aliphatic heterocycles. The van der Waals surface area contributed by atoms with Crippen LogP contribution in [-0.2, 0) is 15.7 Å². The van der Waals surface area contributed by atoms with Crippen LogP contribution < -0.4 is 0 Å². The van der Waals surface area contributed by atoms with Crippen LogP contribution in [-0.4, -0.2) is 36.6 Å². The van der Waals surface area contributed by atoms with Crippen molar-refractivity contribution < 1.29 is 22.7 Å². The second-order valence-electron chi connectivity index (χ2n) is 13.3. The monoisotopic (exact) mass is 577 g/mol. The maximum atomic E-state index is 13.4. The van der Waals surface area contributed by atoms with E-state index in [0.717, 1.165) is 49.8 Å². The summed E-state index contributed by atoms with van der Waals surface area (Å²) in [7, 11) is 0. The molecule has 3 fully saturated rings. The van der Waals surface area contributed by atoms with E-state index in [1.165, 1.54) is 102 Å². The predicted octanol–water partition coefficient (Wildman–Crippen LogP) is 9.93. The lowest BCUT2D eigenvalue weighted by Gasteiger charge is -2.44. The molecule has 0 bridgehead atoms. The molecule has 4 rings (SSSR count). The highest BCUT2D eigenvalue weighted by atomic mass is 19.4. The lowest BCUT2D eigenvalue weighted by atomic mass is 9.72. The number of ether oxygens (including phenoxy) is 1. The van der Waals surface area contributed by atoms with Crippen molar-refractivity contribution in [3.63, 3.8) is 0 Å². The number of alkyl halides is 3. The highest BCUT2D eigenvalue weighted by Crippen LogP contribution is 2.42. The Morgan fingerprint density at radius 3 is 1.80 bits per heavy atom. The fraction of sp³-hybridized carbons (Fsp3) is 0.800. The van der Waals surface area contributed by atoms with Crippen molar-refractivity contribution >= 4 is 5.97 Å². The Kier molecular flexibility index (Phi) is 12.9. The second kappa shape index (κ2) is 16.3. The summed E-state index contributed by atoms with van der Waals surface area (Å²) in [5, 5.41) is 0. The summed E-state index contributed by atoms with van der Waals surface area (Å²) in [5.74, 6) is 1.78. The van der Waals surface area contributed by atoms with E-state index in [9.17, 15) is 18.0 Å². The van der Waals surface area contributed by atoms with Crippen LogP contribution in [0.15, 0.2) is 24.3 Å². The Balaban J connectivity index is 1.54. The molecule has 3 nitrogen and oxygen atoms in total. The van der Waals surface area contributed by atoms with Crippen LogP contribution in [0.5, 0.6) is 0 Å². The van der Waals surface area contributed by atoms with Gasteiger partial charge in [0.05, 0.1) is 12.2 Å². The van der Waals surface area contributed by atoms with Crippen LogP contribution in [0.25, 0.3) is 0 Å². The largest absolute Gasteiger partial charge is 0.466 e. The molecule has 1 aromatic rings. The summed E-state index contributed by atoms with van der Waals surface area (Å²) in [4.78, 5) is 15.1. The molecule has 6 heteroatoms. The van der Waals surface area contributed by atoms with Gasteiger partial charge in [0.2, 0.25) is 0 Å². The van der Waals surface area contributed by atoms with Gasteiger partial charge >= 0.3 is 12.1 Å². The maximum Gasteiger partial charge on any atom is 0.416 e. The van der Waals surface area contributed by atoms with Crippen LogP contribution in [0.3, 0.4) is 0 Å². The molecule has 0 saturated heterocycles. The molecule has 41 heavy (non-hydrogen) atoms. The first-order valence-corrected chi connectivity index (χ1v) is 16.9. The zero-order valence-corrected chi connectivity index (χ0v) is 25.4. The average Bonchev–Trinajstić information content (AvgIpc) is 3.38. The lowest BCUT2D eigenvalue weighted by molar-refractivity contribution is -0.144. The minimum Gasteiger partial charge on any atom is -0.466 e. The second-order valence-corrected chi connectivity index (χ2v) is 13.3. The zero-order valence-electron chi connectivity index (χ0n) is 25.4. The van der Waals surface area contributed by atoms with Crippen molar-refractivity contribution in [1.82, 2.24) is 4.90 Å². The topological polar surface area (TPSA) is 29.5 Å². The molecule has 0 radical (unpaired) electrons. The first kappa shape index (κ1) is 32.4. The molecule has 1 aromatic carbocycles. The number of carbonyl (C=O) groups is 1. The van der Waals surface area contributed by atoms with E-state index in [4.69, 9.17) is 4.74 Å². The highest BCUT2D eigenvalue weighted by molar-refractivity contribution is 5.69. The summed E-state index contributed by atoms with van der Waals surface area (Å²) in [6.45, 7) is 4.39. The summed E-state index contributed by atoms with van der Waals surface area (Å²) in [5.41, 5.74) is 0.403. The fourth-order valence-electron chi connectivity index (χ4n) is 8.04. The number of nitrogens with zero attached hydrogens (tertiary/aromatic N) is 1. The zero-order chi connectivity index (χ0) is 29.1. The molecule has 3 aliphatic carbocycles. The Morgan fingerprint density at radius 1 is 0.780 bits per heavy atom. The molecule has 0 unspecified atom stereocenters. The van der Waals surface area contributed by atoms with E-state index in [1.54, 1.807) is 12.1 Å². The molecular weight excluding hydrogens is 523 g/mol. The van der Waals surface area contributed by atoms with Crippen molar-refractivity contribution in [2.45, 2.75) is 141 Å². The maximum absolute atomic E-state index is 13.4. The molecule has 0 heterocycles. The quantitative estimate of drug-likeness (QED) is 0.194. The molecule has 0 spiro atoms. The Bertz CT molecular complexity index is 862. The van der Waals surface area contributed by atoms with Gasteiger partial charge < -0.3 is 4.74 Å². The molecular formula is C35H54F3NO2. The fourth-order valence-corrected chi connectivity index (χ4v) is 8.04. The smallest absolute Gasteiger partial charge is 0.416 e. The van der Waals surface area contributed by atoms with Crippen LogP contribution in [0.2, 0.25) is 0 Å². The number of hydrogen-bond acceptors (Lipinski definition) is 3. The van der Waals surface area contributed by atoms with Crippen LogP contribution in [0.4, 0.5) is 13.2 Å². The average molecular weight is 578 g/mol. The van der Waals surface area contributed by atoms with Gasteiger partial charge in [-0.3, -0.25) is 9.69 Å². The first-order chi connectivity index (χ1) is 19.8. The number of esters is 1. The van der Waals surface area contributed by atoms with Gasteiger partial charge in [-0.15, -0.1) is 0 Å². The third-order valence-electron chi connectivity index (χ3n) is 10.4. The summed E-state index contributed by atoms with van der Waals surface area (Å²) in [6, 6.07) is 6.23. The summed E-state index contributed by atoms with van der Waals surface area (Å²) < 4.78 is 45.5.